The smallest absolute Gasteiger partial charge is 0.310 e. The Morgan fingerprint density at radius 3 is 2.45 bits per heavy atom. The minimum absolute atomic E-state index is 0.250. The molecule has 0 spiro atoms. The molecular weight excluding hydrogens is 329 g/mol. The van der Waals surface area contributed by atoms with Gasteiger partial charge in [0.05, 0.1) is 28.2 Å². The average molecular weight is 342 g/mol. The van der Waals surface area contributed by atoms with Crippen LogP contribution in [-0.2, 0) is 20.9 Å². The Kier molecular flexibility index (Phi) is 4.12. The van der Waals surface area contributed by atoms with Crippen molar-refractivity contribution < 1.29 is 19.4 Å². The molecule has 0 saturated carbocycles. The molecule has 22 heavy (non-hydrogen) atoms. The van der Waals surface area contributed by atoms with Gasteiger partial charge in [-0.15, -0.1) is 0 Å². The fourth-order valence-electron chi connectivity index (χ4n) is 2.87. The zero-order valence-corrected chi connectivity index (χ0v) is 12.8. The number of carboxylic acid groups (broad SMARTS) is 1. The van der Waals surface area contributed by atoms with Crippen molar-refractivity contribution >= 4 is 35.1 Å². The van der Waals surface area contributed by atoms with Crippen LogP contribution in [0.5, 0.6) is 0 Å². The maximum Gasteiger partial charge on any atom is 0.310 e. The number of benzene rings is 1. The molecule has 4 atom stereocenters. The Hall–Kier alpha value is -1.56. The first kappa shape index (κ1) is 15.3. The predicted octanol–water partition coefficient (Wildman–Crippen LogP) is 2.26. The summed E-state index contributed by atoms with van der Waals surface area (Å²) in [5.41, 5.74) is 0.786. The monoisotopic (exact) mass is 341 g/mol. The number of hydrogen-bond donors (Lipinski definition) is 2. The Morgan fingerprint density at radius 2 is 1.82 bits per heavy atom. The molecule has 2 N–H and O–H groups in total. The van der Waals surface area contributed by atoms with Crippen LogP contribution in [0.4, 0.5) is 0 Å². The van der Waals surface area contributed by atoms with Gasteiger partial charge in [0.15, 0.2) is 0 Å². The number of aliphatic carboxylic acids is 1. The summed E-state index contributed by atoms with van der Waals surface area (Å²) in [4.78, 5) is 23.7. The van der Waals surface area contributed by atoms with Gasteiger partial charge in [-0.05, 0) is 17.7 Å². The number of amides is 1. The average Bonchev–Trinajstić information content (AvgIpc) is 3.08. The largest absolute Gasteiger partial charge is 0.481 e. The van der Waals surface area contributed by atoms with E-state index in [0.29, 0.717) is 10.0 Å². The van der Waals surface area contributed by atoms with E-state index in [1.165, 1.54) is 0 Å². The van der Waals surface area contributed by atoms with Crippen molar-refractivity contribution in [3.63, 3.8) is 0 Å². The summed E-state index contributed by atoms with van der Waals surface area (Å²) < 4.78 is 5.48. The van der Waals surface area contributed by atoms with Crippen LogP contribution < -0.4 is 5.32 Å². The predicted molar refractivity (Wildman–Crippen MR) is 80.7 cm³/mol. The van der Waals surface area contributed by atoms with Gasteiger partial charge in [0.2, 0.25) is 5.91 Å². The van der Waals surface area contributed by atoms with Crippen molar-refractivity contribution in [2.45, 2.75) is 18.8 Å². The van der Waals surface area contributed by atoms with Gasteiger partial charge in [0, 0.05) is 6.54 Å². The number of nitrogens with one attached hydrogen (secondary N) is 1. The highest BCUT2D eigenvalue weighted by atomic mass is 35.5. The molecule has 0 aromatic heterocycles. The summed E-state index contributed by atoms with van der Waals surface area (Å²) in [5.74, 6) is -2.92. The molecule has 1 saturated heterocycles. The summed E-state index contributed by atoms with van der Waals surface area (Å²) in [5, 5.41) is 12.9. The molecule has 2 aliphatic heterocycles. The number of carbonyl (C=O) groups excluding carboxylic acids is 1. The standard InChI is InChI=1S/C15H13Cl2NO4/c16-8-2-1-7(5-9(8)17)6-18-14(19)12-10-3-4-11(22-10)13(12)15(20)21/h1-5,10-13H,6H2,(H,18,19)(H,20,21)/t10-,11+,12-,13+/m1/s1. The fraction of sp³-hybridized carbons (Fsp3) is 0.333. The van der Waals surface area contributed by atoms with Crippen molar-refractivity contribution in [1.82, 2.24) is 5.32 Å². The number of ether oxygens (including phenoxy) is 1. The van der Waals surface area contributed by atoms with E-state index in [0.717, 1.165) is 5.56 Å². The molecule has 1 aromatic carbocycles. The van der Waals surface area contributed by atoms with Crippen molar-refractivity contribution in [3.05, 3.63) is 46.0 Å². The molecule has 2 heterocycles. The third-order valence-electron chi connectivity index (χ3n) is 3.94. The van der Waals surface area contributed by atoms with Gasteiger partial charge >= 0.3 is 5.97 Å². The summed E-state index contributed by atoms with van der Waals surface area (Å²) in [6.07, 6.45) is 2.45. The Morgan fingerprint density at radius 1 is 1.14 bits per heavy atom. The van der Waals surface area contributed by atoms with E-state index in [9.17, 15) is 14.7 Å². The van der Waals surface area contributed by atoms with E-state index >= 15 is 0 Å². The molecule has 2 bridgehead atoms. The van der Waals surface area contributed by atoms with Gasteiger partial charge in [0.1, 0.15) is 5.92 Å². The Bertz CT molecular complexity index is 661. The van der Waals surface area contributed by atoms with Crippen LogP contribution >= 0.6 is 23.2 Å². The summed E-state index contributed by atoms with van der Waals surface area (Å²) >= 11 is 11.8. The third-order valence-corrected chi connectivity index (χ3v) is 4.68. The highest BCUT2D eigenvalue weighted by Gasteiger charge is 2.53. The first-order valence-electron chi connectivity index (χ1n) is 6.75. The molecule has 1 amide bonds. The highest BCUT2D eigenvalue weighted by molar-refractivity contribution is 6.42. The van der Waals surface area contributed by atoms with E-state index in [1.54, 1.807) is 30.4 Å². The van der Waals surface area contributed by atoms with Crippen LogP contribution in [0.1, 0.15) is 5.56 Å². The van der Waals surface area contributed by atoms with Gasteiger partial charge in [-0.2, -0.15) is 0 Å². The van der Waals surface area contributed by atoms with Crippen LogP contribution in [0.2, 0.25) is 10.0 Å². The summed E-state index contributed by atoms with van der Waals surface area (Å²) in [6.45, 7) is 0.250. The summed E-state index contributed by atoms with van der Waals surface area (Å²) in [7, 11) is 0. The minimum atomic E-state index is -1.02. The van der Waals surface area contributed by atoms with Crippen LogP contribution in [0.25, 0.3) is 0 Å². The number of rotatable bonds is 4. The van der Waals surface area contributed by atoms with Crippen molar-refractivity contribution in [1.29, 1.82) is 0 Å². The quantitative estimate of drug-likeness (QED) is 0.823. The molecule has 0 aliphatic carbocycles. The van der Waals surface area contributed by atoms with Crippen molar-refractivity contribution in [2.24, 2.45) is 11.8 Å². The number of fused-ring (bicyclic) bond motifs is 2. The van der Waals surface area contributed by atoms with Gasteiger partial charge in [0.25, 0.3) is 0 Å². The van der Waals surface area contributed by atoms with Gasteiger partial charge in [-0.1, -0.05) is 41.4 Å². The first-order chi connectivity index (χ1) is 10.5. The SMILES string of the molecule is O=C(O)[C@@H]1[C@H](C(=O)NCc2ccc(Cl)c(Cl)c2)[C@H]2C=C[C@@H]1O2. The maximum atomic E-state index is 12.3. The minimum Gasteiger partial charge on any atom is -0.481 e. The number of carboxylic acids is 1. The van der Waals surface area contributed by atoms with Crippen molar-refractivity contribution in [3.8, 4) is 0 Å². The Labute approximate surface area is 136 Å². The molecule has 7 heteroatoms. The van der Waals surface area contributed by atoms with Crippen LogP contribution in [-0.4, -0.2) is 29.2 Å². The van der Waals surface area contributed by atoms with E-state index < -0.39 is 30.0 Å². The molecule has 5 nitrogen and oxygen atoms in total. The molecule has 3 rings (SSSR count). The summed E-state index contributed by atoms with van der Waals surface area (Å²) in [6, 6.07) is 5.06. The van der Waals surface area contributed by atoms with Crippen LogP contribution in [0.3, 0.4) is 0 Å². The van der Waals surface area contributed by atoms with E-state index in [1.807, 2.05) is 0 Å². The lowest BCUT2D eigenvalue weighted by Crippen LogP contribution is -2.42. The lowest BCUT2D eigenvalue weighted by atomic mass is 9.82. The zero-order valence-electron chi connectivity index (χ0n) is 11.3. The van der Waals surface area contributed by atoms with E-state index in [4.69, 9.17) is 27.9 Å². The highest BCUT2D eigenvalue weighted by Crippen LogP contribution is 2.39. The van der Waals surface area contributed by atoms with E-state index in [2.05, 4.69) is 5.32 Å². The molecule has 116 valence electrons. The normalized spacial score (nSPS) is 28.8. The lowest BCUT2D eigenvalue weighted by Gasteiger charge is -2.21. The molecule has 0 radical (unpaired) electrons. The molecule has 1 fully saturated rings. The fourth-order valence-corrected chi connectivity index (χ4v) is 3.19. The lowest BCUT2D eigenvalue weighted by molar-refractivity contribution is -0.146. The first-order valence-corrected chi connectivity index (χ1v) is 7.51. The van der Waals surface area contributed by atoms with E-state index in [-0.39, 0.29) is 12.5 Å². The maximum absolute atomic E-state index is 12.3. The van der Waals surface area contributed by atoms with Crippen LogP contribution in [0, 0.1) is 11.8 Å². The molecule has 2 aliphatic rings. The number of halogens is 2. The Balaban J connectivity index is 1.68. The second kappa shape index (κ2) is 5.91. The number of carbonyl (C=O) groups is 2. The van der Waals surface area contributed by atoms with Crippen molar-refractivity contribution in [2.75, 3.05) is 0 Å². The molecule has 1 aromatic rings. The van der Waals surface area contributed by atoms with Gasteiger partial charge in [-0.25, -0.2) is 0 Å². The molecular formula is C15H13Cl2NO4. The second-order valence-electron chi connectivity index (χ2n) is 5.31. The van der Waals surface area contributed by atoms with Gasteiger partial charge < -0.3 is 15.2 Å². The second-order valence-corrected chi connectivity index (χ2v) is 6.12. The third kappa shape index (κ3) is 2.72. The van der Waals surface area contributed by atoms with Crippen LogP contribution in [0.15, 0.2) is 30.4 Å². The topological polar surface area (TPSA) is 75.6 Å². The molecule has 0 unspecified atom stereocenters. The van der Waals surface area contributed by atoms with Gasteiger partial charge in [-0.3, -0.25) is 9.59 Å². The zero-order chi connectivity index (χ0) is 15.9. The number of hydrogen-bond acceptors (Lipinski definition) is 3.